The summed E-state index contributed by atoms with van der Waals surface area (Å²) in [6.45, 7) is 8.27. The first-order valence-electron chi connectivity index (χ1n) is 8.76. The molecule has 25 heavy (non-hydrogen) atoms. The summed E-state index contributed by atoms with van der Waals surface area (Å²) in [6.07, 6.45) is 0. The summed E-state index contributed by atoms with van der Waals surface area (Å²) in [6, 6.07) is 10.9. The highest BCUT2D eigenvalue weighted by molar-refractivity contribution is 6.06. The maximum atomic E-state index is 5.01. The number of likely N-dealkylation sites (N-methyl/N-ethyl adjacent to an activating group) is 1. The molecular formula is C21H24N4. The maximum Gasteiger partial charge on any atom is 0.160 e. The van der Waals surface area contributed by atoms with Crippen molar-refractivity contribution < 1.29 is 0 Å². The van der Waals surface area contributed by atoms with Gasteiger partial charge in [0.2, 0.25) is 0 Å². The molecule has 128 valence electrons. The number of aromatic nitrogens is 3. The minimum Gasteiger partial charge on any atom is -0.323 e. The lowest BCUT2D eigenvalue weighted by atomic mass is 10.1. The molecule has 0 amide bonds. The topological polar surface area (TPSA) is 34.0 Å². The van der Waals surface area contributed by atoms with Gasteiger partial charge in [-0.15, -0.1) is 0 Å². The number of hydrogen-bond acceptors (Lipinski definition) is 3. The van der Waals surface area contributed by atoms with Crippen molar-refractivity contribution in [2.24, 2.45) is 0 Å². The van der Waals surface area contributed by atoms with Crippen molar-refractivity contribution in [3.8, 4) is 0 Å². The van der Waals surface area contributed by atoms with Gasteiger partial charge in [0.05, 0.1) is 16.6 Å². The average Bonchev–Trinajstić information content (AvgIpc) is 2.84. The fraction of sp³-hybridized carbons (Fsp3) is 0.333. The molecule has 4 heteroatoms. The summed E-state index contributed by atoms with van der Waals surface area (Å²) in [5.74, 6) is 0. The van der Waals surface area contributed by atoms with Crippen molar-refractivity contribution >= 4 is 33.1 Å². The lowest BCUT2D eigenvalue weighted by molar-refractivity contribution is 0.389. The molecule has 4 aromatic rings. The van der Waals surface area contributed by atoms with E-state index in [1.807, 2.05) is 0 Å². The summed E-state index contributed by atoms with van der Waals surface area (Å²) >= 11 is 0. The van der Waals surface area contributed by atoms with Crippen LogP contribution in [0.1, 0.15) is 16.7 Å². The number of fused-ring (bicyclic) bond motifs is 4. The first kappa shape index (κ1) is 16.0. The SMILES string of the molecule is Cc1ccc2c(c1)c1nc3cc(C)c(C)cc3nc1n2CCN(C)C. The summed E-state index contributed by atoms with van der Waals surface area (Å²) < 4.78 is 2.31. The van der Waals surface area contributed by atoms with Crippen molar-refractivity contribution in [3.63, 3.8) is 0 Å². The highest BCUT2D eigenvalue weighted by Crippen LogP contribution is 2.29. The molecule has 2 heterocycles. The van der Waals surface area contributed by atoms with Gasteiger partial charge in [-0.05, 0) is 70.3 Å². The highest BCUT2D eigenvalue weighted by Gasteiger charge is 2.15. The van der Waals surface area contributed by atoms with E-state index < -0.39 is 0 Å². The molecule has 0 bridgehead atoms. The third-order valence-corrected chi connectivity index (χ3v) is 4.99. The number of nitrogens with zero attached hydrogens (tertiary/aromatic N) is 4. The zero-order chi connectivity index (χ0) is 17.7. The van der Waals surface area contributed by atoms with Crippen LogP contribution in [0.3, 0.4) is 0 Å². The number of rotatable bonds is 3. The van der Waals surface area contributed by atoms with Crippen LogP contribution in [0.5, 0.6) is 0 Å². The van der Waals surface area contributed by atoms with E-state index in [0.717, 1.165) is 35.3 Å². The first-order chi connectivity index (χ1) is 11.9. The summed E-state index contributed by atoms with van der Waals surface area (Å²) in [7, 11) is 4.20. The van der Waals surface area contributed by atoms with Gasteiger partial charge in [-0.3, -0.25) is 0 Å². The standard InChI is InChI=1S/C21H24N4/c1-13-6-7-19-16(10-13)20-21(25(19)9-8-24(4)5)23-18-12-15(3)14(2)11-17(18)22-20/h6-7,10-12H,8-9H2,1-5H3. The second-order valence-corrected chi connectivity index (χ2v) is 7.30. The predicted octanol–water partition coefficient (Wildman–Crippen LogP) is 4.22. The molecule has 4 rings (SSSR count). The molecule has 4 nitrogen and oxygen atoms in total. The van der Waals surface area contributed by atoms with E-state index in [1.165, 1.54) is 27.6 Å². The molecule has 0 fully saturated rings. The normalized spacial score (nSPS) is 12.1. The predicted molar refractivity (Wildman–Crippen MR) is 105 cm³/mol. The van der Waals surface area contributed by atoms with Crippen molar-refractivity contribution in [1.82, 2.24) is 19.4 Å². The Hall–Kier alpha value is -2.46. The van der Waals surface area contributed by atoms with Crippen molar-refractivity contribution in [3.05, 3.63) is 47.0 Å². The van der Waals surface area contributed by atoms with E-state index in [9.17, 15) is 0 Å². The third kappa shape index (κ3) is 2.67. The van der Waals surface area contributed by atoms with Crippen LogP contribution in [0.4, 0.5) is 0 Å². The summed E-state index contributed by atoms with van der Waals surface area (Å²) in [4.78, 5) is 12.2. The largest absolute Gasteiger partial charge is 0.323 e. The number of hydrogen-bond donors (Lipinski definition) is 0. The van der Waals surface area contributed by atoms with Crippen molar-refractivity contribution in [2.45, 2.75) is 27.3 Å². The lowest BCUT2D eigenvalue weighted by Gasteiger charge is -2.12. The number of benzene rings is 2. The van der Waals surface area contributed by atoms with Crippen LogP contribution >= 0.6 is 0 Å². The first-order valence-corrected chi connectivity index (χ1v) is 8.76. The summed E-state index contributed by atoms with van der Waals surface area (Å²) in [5, 5.41) is 1.20. The van der Waals surface area contributed by atoms with E-state index >= 15 is 0 Å². The average molecular weight is 332 g/mol. The Labute approximate surface area is 148 Å². The molecule has 2 aromatic heterocycles. The molecule has 0 atom stereocenters. The number of aryl methyl sites for hydroxylation is 3. The van der Waals surface area contributed by atoms with Gasteiger partial charge in [0, 0.05) is 18.5 Å². The Balaban J connectivity index is 2.08. The maximum absolute atomic E-state index is 5.01. The molecule has 0 radical (unpaired) electrons. The molecule has 0 unspecified atom stereocenters. The quantitative estimate of drug-likeness (QED) is 0.563. The van der Waals surface area contributed by atoms with Crippen LogP contribution in [0.15, 0.2) is 30.3 Å². The van der Waals surface area contributed by atoms with E-state index in [2.05, 4.69) is 74.7 Å². The van der Waals surface area contributed by atoms with Gasteiger partial charge in [-0.2, -0.15) is 0 Å². The zero-order valence-corrected chi connectivity index (χ0v) is 15.6. The fourth-order valence-electron chi connectivity index (χ4n) is 3.39. The smallest absolute Gasteiger partial charge is 0.160 e. The second-order valence-electron chi connectivity index (χ2n) is 7.30. The monoisotopic (exact) mass is 332 g/mol. The van der Waals surface area contributed by atoms with Gasteiger partial charge < -0.3 is 9.47 Å². The van der Waals surface area contributed by atoms with Gasteiger partial charge in [-0.25, -0.2) is 9.97 Å². The fourth-order valence-corrected chi connectivity index (χ4v) is 3.39. The van der Waals surface area contributed by atoms with E-state index in [-0.39, 0.29) is 0 Å². The van der Waals surface area contributed by atoms with Gasteiger partial charge in [0.15, 0.2) is 5.65 Å². The molecule has 0 aliphatic heterocycles. The van der Waals surface area contributed by atoms with Crippen LogP contribution in [-0.4, -0.2) is 40.1 Å². The van der Waals surface area contributed by atoms with E-state index in [0.29, 0.717) is 0 Å². The van der Waals surface area contributed by atoms with Gasteiger partial charge >= 0.3 is 0 Å². The molecule has 0 aliphatic carbocycles. The molecule has 0 saturated heterocycles. The van der Waals surface area contributed by atoms with E-state index in [4.69, 9.17) is 9.97 Å². The van der Waals surface area contributed by atoms with E-state index in [1.54, 1.807) is 0 Å². The Morgan fingerprint density at radius 3 is 2.28 bits per heavy atom. The van der Waals surface area contributed by atoms with Crippen LogP contribution < -0.4 is 0 Å². The molecule has 2 aromatic carbocycles. The molecule has 0 aliphatic rings. The zero-order valence-electron chi connectivity index (χ0n) is 15.6. The Morgan fingerprint density at radius 2 is 1.60 bits per heavy atom. The highest BCUT2D eigenvalue weighted by atomic mass is 15.1. The Morgan fingerprint density at radius 1 is 0.920 bits per heavy atom. The molecule has 0 spiro atoms. The van der Waals surface area contributed by atoms with Gasteiger partial charge in [0.25, 0.3) is 0 Å². The Bertz CT molecular complexity index is 1110. The molecule has 0 saturated carbocycles. The lowest BCUT2D eigenvalue weighted by Crippen LogP contribution is -2.18. The minimum absolute atomic E-state index is 0.904. The molecule has 0 N–H and O–H groups in total. The van der Waals surface area contributed by atoms with Crippen molar-refractivity contribution in [1.29, 1.82) is 0 Å². The third-order valence-electron chi connectivity index (χ3n) is 4.99. The summed E-state index contributed by atoms with van der Waals surface area (Å²) in [5.41, 5.74) is 8.92. The van der Waals surface area contributed by atoms with Crippen LogP contribution in [0.2, 0.25) is 0 Å². The van der Waals surface area contributed by atoms with Crippen molar-refractivity contribution in [2.75, 3.05) is 20.6 Å². The van der Waals surface area contributed by atoms with Gasteiger partial charge in [-0.1, -0.05) is 11.6 Å². The Kier molecular flexibility index (Phi) is 3.73. The minimum atomic E-state index is 0.904. The second kappa shape index (κ2) is 5.81. The molecular weight excluding hydrogens is 308 g/mol. The van der Waals surface area contributed by atoms with Crippen LogP contribution in [-0.2, 0) is 6.54 Å². The van der Waals surface area contributed by atoms with Crippen LogP contribution in [0.25, 0.3) is 33.1 Å². The van der Waals surface area contributed by atoms with Gasteiger partial charge in [0.1, 0.15) is 5.52 Å². The van der Waals surface area contributed by atoms with Crippen LogP contribution in [0, 0.1) is 20.8 Å².